The van der Waals surface area contributed by atoms with Crippen molar-refractivity contribution in [3.63, 3.8) is 0 Å². The van der Waals surface area contributed by atoms with Gasteiger partial charge in [-0.05, 0) is 84.9 Å². The van der Waals surface area contributed by atoms with Crippen LogP contribution in [0.15, 0.2) is 36.4 Å². The van der Waals surface area contributed by atoms with Gasteiger partial charge in [-0.1, -0.05) is 45.0 Å². The second-order valence-electron chi connectivity index (χ2n) is 10.7. The molecule has 2 aromatic carbocycles. The predicted molar refractivity (Wildman–Crippen MR) is 126 cm³/mol. The van der Waals surface area contributed by atoms with Crippen LogP contribution in [0.2, 0.25) is 0 Å². The number of benzene rings is 2. The van der Waals surface area contributed by atoms with Gasteiger partial charge in [0.05, 0.1) is 12.0 Å². The lowest BCUT2D eigenvalue weighted by Gasteiger charge is -2.37. The monoisotopic (exact) mass is 423 g/mol. The van der Waals surface area contributed by atoms with E-state index in [4.69, 9.17) is 9.84 Å². The Labute approximate surface area is 186 Å². The minimum atomic E-state index is -0.659. The van der Waals surface area contributed by atoms with E-state index in [0.717, 1.165) is 50.4 Å². The Balaban J connectivity index is 1.32. The van der Waals surface area contributed by atoms with E-state index < -0.39 is 5.97 Å². The number of carboxylic acids is 1. The molecule has 2 aromatic rings. The van der Waals surface area contributed by atoms with Crippen LogP contribution in [0.5, 0.6) is 5.75 Å². The molecule has 0 spiro atoms. The van der Waals surface area contributed by atoms with Gasteiger partial charge in [0.2, 0.25) is 0 Å². The molecule has 4 nitrogen and oxygen atoms in total. The molecule has 0 aromatic heterocycles. The summed E-state index contributed by atoms with van der Waals surface area (Å²) in [6.45, 7) is 9.56. The molecule has 168 valence electrons. The Hall–Kier alpha value is -2.07. The number of fused-ring (bicyclic) bond motifs is 1. The van der Waals surface area contributed by atoms with Gasteiger partial charge in [0.1, 0.15) is 5.75 Å². The van der Waals surface area contributed by atoms with Gasteiger partial charge < -0.3 is 14.7 Å². The summed E-state index contributed by atoms with van der Waals surface area (Å²) in [5.74, 6) is 0.932. The van der Waals surface area contributed by atoms with Gasteiger partial charge in [-0.15, -0.1) is 0 Å². The number of hydrogen-bond acceptors (Lipinski definition) is 3. The van der Waals surface area contributed by atoms with Gasteiger partial charge in [0.15, 0.2) is 0 Å². The smallest absolute Gasteiger partial charge is 0.307 e. The van der Waals surface area contributed by atoms with E-state index in [2.05, 4.69) is 62.1 Å². The fraction of sp³-hybridized carbons (Fsp3) is 0.593. The molecule has 0 amide bonds. The van der Waals surface area contributed by atoms with Crippen LogP contribution in [-0.4, -0.2) is 41.7 Å². The van der Waals surface area contributed by atoms with Crippen LogP contribution in [0.4, 0.5) is 0 Å². The molecule has 1 heterocycles. The summed E-state index contributed by atoms with van der Waals surface area (Å²) in [7, 11) is 0. The highest BCUT2D eigenvalue weighted by Crippen LogP contribution is 2.39. The predicted octanol–water partition coefficient (Wildman–Crippen LogP) is 5.77. The summed E-state index contributed by atoms with van der Waals surface area (Å²) in [6.07, 6.45) is 6.89. The van der Waals surface area contributed by atoms with Crippen LogP contribution in [0.3, 0.4) is 0 Å². The van der Waals surface area contributed by atoms with Crippen LogP contribution >= 0.6 is 0 Å². The summed E-state index contributed by atoms with van der Waals surface area (Å²) in [6, 6.07) is 13.1. The molecule has 0 radical (unpaired) electrons. The van der Waals surface area contributed by atoms with Crippen LogP contribution in [0, 0.1) is 17.3 Å². The molecule has 1 saturated heterocycles. The lowest BCUT2D eigenvalue weighted by molar-refractivity contribution is -0.141. The number of aliphatic carboxylic acids is 1. The molecule has 4 heteroatoms. The molecule has 2 fully saturated rings. The Morgan fingerprint density at radius 1 is 1.03 bits per heavy atom. The highest BCUT2D eigenvalue weighted by atomic mass is 16.5. The Morgan fingerprint density at radius 3 is 2.42 bits per heavy atom. The van der Waals surface area contributed by atoms with Crippen LogP contribution in [0.25, 0.3) is 10.8 Å². The molecule has 1 N–H and O–H groups in total. The van der Waals surface area contributed by atoms with Crippen LogP contribution in [0.1, 0.15) is 58.4 Å². The summed E-state index contributed by atoms with van der Waals surface area (Å²) in [5, 5.41) is 11.6. The first-order valence-corrected chi connectivity index (χ1v) is 11.9. The van der Waals surface area contributed by atoms with Crippen molar-refractivity contribution in [2.45, 2.75) is 65.4 Å². The number of ether oxygens (including phenoxy) is 1. The third-order valence-corrected chi connectivity index (χ3v) is 7.42. The minimum absolute atomic E-state index is 0.196. The Bertz CT molecular complexity index is 908. The third kappa shape index (κ3) is 5.60. The maximum absolute atomic E-state index is 11.1. The van der Waals surface area contributed by atoms with Gasteiger partial charge in [0.25, 0.3) is 0 Å². The van der Waals surface area contributed by atoms with Crippen molar-refractivity contribution in [2.75, 3.05) is 19.6 Å². The third-order valence-electron chi connectivity index (χ3n) is 7.42. The van der Waals surface area contributed by atoms with Crippen molar-refractivity contribution in [1.29, 1.82) is 0 Å². The lowest BCUT2D eigenvalue weighted by Crippen LogP contribution is -2.30. The van der Waals surface area contributed by atoms with Crippen molar-refractivity contribution in [2.24, 2.45) is 17.3 Å². The van der Waals surface area contributed by atoms with E-state index >= 15 is 0 Å². The maximum atomic E-state index is 11.1. The molecule has 1 saturated carbocycles. The highest BCUT2D eigenvalue weighted by molar-refractivity contribution is 5.84. The standard InChI is InChI=1S/C27H37NO3/c1-27(2,3)23-7-10-24(11-8-23)31-25-9-6-20-16-19(4-5-21(20)17-25)12-14-28-15-13-22(18-28)26(29)30/h4-6,9,16-17,22-24H,7-8,10-15,18H2,1-3H3,(H,29,30)/t22-,23?,24?/m1/s1. The number of carbonyl (C=O) groups is 1. The molecule has 31 heavy (non-hydrogen) atoms. The number of nitrogens with zero attached hydrogens (tertiary/aromatic N) is 1. The number of carboxylic acid groups (broad SMARTS) is 1. The Kier molecular flexibility index (Phi) is 6.57. The summed E-state index contributed by atoms with van der Waals surface area (Å²) in [4.78, 5) is 13.4. The quantitative estimate of drug-likeness (QED) is 0.640. The van der Waals surface area contributed by atoms with Gasteiger partial charge in [0, 0.05) is 13.1 Å². The number of likely N-dealkylation sites (tertiary alicyclic amines) is 1. The zero-order chi connectivity index (χ0) is 22.0. The van der Waals surface area contributed by atoms with Crippen molar-refractivity contribution < 1.29 is 14.6 Å². The van der Waals surface area contributed by atoms with Gasteiger partial charge in [-0.3, -0.25) is 4.79 Å². The van der Waals surface area contributed by atoms with Crippen molar-refractivity contribution in [1.82, 2.24) is 4.90 Å². The molecular formula is C27H37NO3. The van der Waals surface area contributed by atoms with Crippen molar-refractivity contribution in [3.8, 4) is 5.75 Å². The first-order valence-electron chi connectivity index (χ1n) is 11.9. The molecule has 0 bridgehead atoms. The molecule has 0 unspecified atom stereocenters. The molecular weight excluding hydrogens is 386 g/mol. The van der Waals surface area contributed by atoms with E-state index in [1.54, 1.807) is 0 Å². The second-order valence-corrected chi connectivity index (χ2v) is 10.7. The number of rotatable bonds is 6. The zero-order valence-electron chi connectivity index (χ0n) is 19.3. The minimum Gasteiger partial charge on any atom is -0.490 e. The Morgan fingerprint density at radius 2 is 1.74 bits per heavy atom. The highest BCUT2D eigenvalue weighted by Gasteiger charge is 2.30. The fourth-order valence-corrected chi connectivity index (χ4v) is 5.27. The van der Waals surface area contributed by atoms with E-state index in [1.807, 2.05) is 0 Å². The largest absolute Gasteiger partial charge is 0.490 e. The topological polar surface area (TPSA) is 49.8 Å². The first kappa shape index (κ1) is 22.1. The van der Waals surface area contributed by atoms with E-state index in [9.17, 15) is 4.79 Å². The average Bonchev–Trinajstić information content (AvgIpc) is 3.21. The van der Waals surface area contributed by atoms with Gasteiger partial charge >= 0.3 is 5.97 Å². The molecule has 1 atom stereocenters. The van der Waals surface area contributed by atoms with Crippen molar-refractivity contribution >= 4 is 16.7 Å². The number of hydrogen-bond donors (Lipinski definition) is 1. The molecule has 2 aliphatic rings. The van der Waals surface area contributed by atoms with E-state index in [0.29, 0.717) is 18.1 Å². The maximum Gasteiger partial charge on any atom is 0.307 e. The SMILES string of the molecule is CC(C)(C)C1CCC(Oc2ccc3cc(CCN4CC[C@@H](C(=O)O)C4)ccc3c2)CC1. The lowest BCUT2D eigenvalue weighted by atomic mass is 9.72. The van der Waals surface area contributed by atoms with E-state index in [-0.39, 0.29) is 5.92 Å². The van der Waals surface area contributed by atoms with Gasteiger partial charge in [-0.2, -0.15) is 0 Å². The molecule has 4 rings (SSSR count). The normalized spacial score (nSPS) is 25.1. The molecule has 1 aliphatic carbocycles. The summed E-state index contributed by atoms with van der Waals surface area (Å²) >= 11 is 0. The van der Waals surface area contributed by atoms with Crippen molar-refractivity contribution in [3.05, 3.63) is 42.0 Å². The van der Waals surface area contributed by atoms with Gasteiger partial charge in [-0.25, -0.2) is 0 Å². The summed E-state index contributed by atoms with van der Waals surface area (Å²) < 4.78 is 6.34. The summed E-state index contributed by atoms with van der Waals surface area (Å²) in [5.41, 5.74) is 1.71. The van der Waals surface area contributed by atoms with Crippen LogP contribution < -0.4 is 4.74 Å². The second kappa shape index (κ2) is 9.20. The average molecular weight is 424 g/mol. The van der Waals surface area contributed by atoms with Crippen LogP contribution in [-0.2, 0) is 11.2 Å². The molecule has 1 aliphatic heterocycles. The fourth-order valence-electron chi connectivity index (χ4n) is 5.27. The zero-order valence-corrected chi connectivity index (χ0v) is 19.3. The first-order chi connectivity index (χ1) is 14.8. The van der Waals surface area contributed by atoms with E-state index in [1.165, 1.54) is 29.2 Å².